The highest BCUT2D eigenvalue weighted by molar-refractivity contribution is 5.94. The second-order valence-electron chi connectivity index (χ2n) is 6.86. The van der Waals surface area contributed by atoms with E-state index in [-0.39, 0.29) is 6.61 Å². The molecule has 6 nitrogen and oxygen atoms in total. The van der Waals surface area contributed by atoms with E-state index >= 15 is 0 Å². The minimum Gasteiger partial charge on any atom is -0.459 e. The van der Waals surface area contributed by atoms with Gasteiger partial charge in [0.1, 0.15) is 18.2 Å². The van der Waals surface area contributed by atoms with Gasteiger partial charge in [-0.25, -0.2) is 9.59 Å². The van der Waals surface area contributed by atoms with Crippen LogP contribution in [0.25, 0.3) is 17.0 Å². The van der Waals surface area contributed by atoms with Crippen LogP contribution in [0.4, 0.5) is 0 Å². The first-order chi connectivity index (χ1) is 14.5. The largest absolute Gasteiger partial charge is 0.459 e. The number of aryl methyl sites for hydroxylation is 1. The average Bonchev–Trinajstić information content (AvgIpc) is 2.75. The molecule has 0 aliphatic carbocycles. The molecule has 6 heteroatoms. The maximum Gasteiger partial charge on any atom is 0.336 e. The fraction of sp³-hybridized carbons (Fsp3) is 0.208. The number of carbonyl (C=O) groups excluding carboxylic acids is 2. The number of esters is 1. The van der Waals surface area contributed by atoms with Gasteiger partial charge in [-0.2, -0.15) is 0 Å². The standard InChI is InChI=1S/C24H23NO5/c1-3-17-9-11-20-19(14-23(27)30-21(20)13-17)15-29-24(28)16(2)25-22(26)12-10-18-7-5-4-6-8-18/h4-14,16H,3,15H2,1-2H3,(H,25,26)/b12-10+/t16-/m0/s1. The molecule has 30 heavy (non-hydrogen) atoms. The summed E-state index contributed by atoms with van der Waals surface area (Å²) in [4.78, 5) is 36.2. The number of ether oxygens (including phenoxy) is 1. The first-order valence-electron chi connectivity index (χ1n) is 9.72. The summed E-state index contributed by atoms with van der Waals surface area (Å²) in [5.74, 6) is -0.996. The Labute approximate surface area is 174 Å². The summed E-state index contributed by atoms with van der Waals surface area (Å²) in [5, 5.41) is 3.28. The minimum atomic E-state index is -0.837. The molecule has 2 aromatic carbocycles. The van der Waals surface area contributed by atoms with E-state index in [2.05, 4.69) is 5.32 Å². The SMILES string of the molecule is CCc1ccc2c(COC(=O)[C@H](C)NC(=O)/C=C/c3ccccc3)cc(=O)oc2c1. The van der Waals surface area contributed by atoms with E-state index in [1.54, 1.807) is 13.0 Å². The molecule has 0 unspecified atom stereocenters. The molecule has 3 rings (SSSR count). The molecular weight excluding hydrogens is 382 g/mol. The molecule has 1 heterocycles. The lowest BCUT2D eigenvalue weighted by Gasteiger charge is -2.13. The van der Waals surface area contributed by atoms with E-state index in [0.29, 0.717) is 16.5 Å². The molecule has 0 saturated heterocycles. The van der Waals surface area contributed by atoms with E-state index in [9.17, 15) is 14.4 Å². The summed E-state index contributed by atoms with van der Waals surface area (Å²) in [7, 11) is 0. The molecule has 1 N–H and O–H groups in total. The van der Waals surface area contributed by atoms with Crippen molar-refractivity contribution in [3.8, 4) is 0 Å². The predicted molar refractivity (Wildman–Crippen MR) is 115 cm³/mol. The summed E-state index contributed by atoms with van der Waals surface area (Å²) >= 11 is 0. The van der Waals surface area contributed by atoms with E-state index < -0.39 is 23.5 Å². The Kier molecular flexibility index (Phi) is 6.80. The molecule has 1 aromatic heterocycles. The Bertz CT molecular complexity index is 1130. The molecule has 154 valence electrons. The molecule has 0 saturated carbocycles. The van der Waals surface area contributed by atoms with E-state index in [0.717, 1.165) is 17.5 Å². The second kappa shape index (κ2) is 9.69. The average molecular weight is 405 g/mol. The molecule has 0 bridgehead atoms. The van der Waals surface area contributed by atoms with Crippen molar-refractivity contribution in [2.75, 3.05) is 0 Å². The van der Waals surface area contributed by atoms with Crippen molar-refractivity contribution in [2.24, 2.45) is 0 Å². The van der Waals surface area contributed by atoms with Crippen LogP contribution in [0.15, 0.2) is 69.9 Å². The Morgan fingerprint density at radius 2 is 1.90 bits per heavy atom. The smallest absolute Gasteiger partial charge is 0.336 e. The summed E-state index contributed by atoms with van der Waals surface area (Å²) in [5.41, 5.74) is 2.43. The van der Waals surface area contributed by atoms with Gasteiger partial charge in [-0.05, 0) is 36.6 Å². The maximum atomic E-state index is 12.3. The van der Waals surface area contributed by atoms with Gasteiger partial charge >= 0.3 is 11.6 Å². The Hall–Kier alpha value is -3.67. The van der Waals surface area contributed by atoms with Crippen molar-refractivity contribution >= 4 is 28.9 Å². The topological polar surface area (TPSA) is 85.6 Å². The summed E-state index contributed by atoms with van der Waals surface area (Å²) < 4.78 is 10.6. The van der Waals surface area contributed by atoms with Crippen molar-refractivity contribution in [3.05, 3.63) is 87.8 Å². The van der Waals surface area contributed by atoms with Crippen molar-refractivity contribution in [1.82, 2.24) is 5.32 Å². The Balaban J connectivity index is 1.61. The van der Waals surface area contributed by atoms with Crippen LogP contribution in [0.5, 0.6) is 0 Å². The zero-order chi connectivity index (χ0) is 21.5. The number of nitrogens with one attached hydrogen (secondary N) is 1. The third kappa shape index (κ3) is 5.44. The third-order valence-corrected chi connectivity index (χ3v) is 4.61. The molecule has 0 spiro atoms. The molecular formula is C24H23NO5. The molecule has 0 aliphatic rings. The van der Waals surface area contributed by atoms with Gasteiger partial charge in [0.25, 0.3) is 0 Å². The van der Waals surface area contributed by atoms with Crippen LogP contribution in [0.3, 0.4) is 0 Å². The molecule has 1 atom stereocenters. The molecule has 0 fully saturated rings. The van der Waals surface area contributed by atoms with Gasteiger partial charge in [-0.1, -0.05) is 49.4 Å². The number of hydrogen-bond acceptors (Lipinski definition) is 5. The number of rotatable bonds is 7. The molecule has 0 aliphatic heterocycles. The highest BCUT2D eigenvalue weighted by Crippen LogP contribution is 2.20. The normalized spacial score (nSPS) is 12.1. The van der Waals surface area contributed by atoms with Crippen molar-refractivity contribution in [1.29, 1.82) is 0 Å². The summed E-state index contributed by atoms with van der Waals surface area (Å²) in [6.45, 7) is 3.46. The van der Waals surface area contributed by atoms with Gasteiger partial charge < -0.3 is 14.5 Å². The number of carbonyl (C=O) groups is 2. The maximum absolute atomic E-state index is 12.3. The number of amides is 1. The molecule has 1 amide bonds. The fourth-order valence-corrected chi connectivity index (χ4v) is 2.94. The summed E-state index contributed by atoms with van der Waals surface area (Å²) in [6, 6.07) is 15.4. The third-order valence-electron chi connectivity index (χ3n) is 4.61. The van der Waals surface area contributed by atoms with Crippen molar-refractivity contribution in [3.63, 3.8) is 0 Å². The lowest BCUT2D eigenvalue weighted by atomic mass is 10.1. The monoisotopic (exact) mass is 405 g/mol. The highest BCUT2D eigenvalue weighted by Gasteiger charge is 2.17. The quantitative estimate of drug-likeness (QED) is 0.369. The van der Waals surface area contributed by atoms with Crippen LogP contribution in [0, 0.1) is 0 Å². The Morgan fingerprint density at radius 3 is 2.63 bits per heavy atom. The zero-order valence-corrected chi connectivity index (χ0v) is 16.9. The first kappa shape index (κ1) is 21.0. The second-order valence-corrected chi connectivity index (χ2v) is 6.86. The van der Waals surface area contributed by atoms with Gasteiger partial charge in [0.2, 0.25) is 5.91 Å². The molecule has 3 aromatic rings. The predicted octanol–water partition coefficient (Wildman–Crippen LogP) is 3.62. The first-order valence-corrected chi connectivity index (χ1v) is 9.72. The lowest BCUT2D eigenvalue weighted by molar-refractivity contribution is -0.148. The zero-order valence-electron chi connectivity index (χ0n) is 16.9. The van der Waals surface area contributed by atoms with Crippen LogP contribution in [-0.4, -0.2) is 17.9 Å². The van der Waals surface area contributed by atoms with Gasteiger partial charge in [0.15, 0.2) is 0 Å². The molecule has 0 radical (unpaired) electrons. The minimum absolute atomic E-state index is 0.0908. The number of fused-ring (bicyclic) bond motifs is 1. The van der Waals surface area contributed by atoms with Gasteiger partial charge in [-0.15, -0.1) is 0 Å². The van der Waals surface area contributed by atoms with E-state index in [1.165, 1.54) is 12.1 Å². The van der Waals surface area contributed by atoms with Gasteiger partial charge in [-0.3, -0.25) is 4.79 Å². The highest BCUT2D eigenvalue weighted by atomic mass is 16.5. The van der Waals surface area contributed by atoms with Crippen molar-refractivity contribution in [2.45, 2.75) is 32.9 Å². The van der Waals surface area contributed by atoms with Crippen LogP contribution < -0.4 is 10.9 Å². The van der Waals surface area contributed by atoms with Gasteiger partial charge in [0, 0.05) is 23.1 Å². The van der Waals surface area contributed by atoms with Crippen LogP contribution >= 0.6 is 0 Å². The number of benzene rings is 2. The number of hydrogen-bond donors (Lipinski definition) is 1. The lowest BCUT2D eigenvalue weighted by Crippen LogP contribution is -2.38. The van der Waals surface area contributed by atoms with Crippen LogP contribution in [-0.2, 0) is 27.4 Å². The van der Waals surface area contributed by atoms with Gasteiger partial charge in [0.05, 0.1) is 0 Å². The Morgan fingerprint density at radius 1 is 1.13 bits per heavy atom. The van der Waals surface area contributed by atoms with E-state index in [1.807, 2.05) is 55.5 Å². The van der Waals surface area contributed by atoms with Crippen molar-refractivity contribution < 1.29 is 18.7 Å². The summed E-state index contributed by atoms with van der Waals surface area (Å²) in [6.07, 6.45) is 3.84. The van der Waals surface area contributed by atoms with Crippen LogP contribution in [0.2, 0.25) is 0 Å². The fourth-order valence-electron chi connectivity index (χ4n) is 2.94. The van der Waals surface area contributed by atoms with E-state index in [4.69, 9.17) is 9.15 Å². The van der Waals surface area contributed by atoms with Crippen LogP contribution in [0.1, 0.15) is 30.5 Å².